The van der Waals surface area contributed by atoms with Crippen LogP contribution in [0.25, 0.3) is 11.3 Å². The van der Waals surface area contributed by atoms with Crippen LogP contribution in [-0.4, -0.2) is 30.5 Å². The van der Waals surface area contributed by atoms with Crippen LogP contribution < -0.4 is 10.2 Å². The van der Waals surface area contributed by atoms with Gasteiger partial charge in [0.15, 0.2) is 5.13 Å². The van der Waals surface area contributed by atoms with Gasteiger partial charge in [0.25, 0.3) is 0 Å². The summed E-state index contributed by atoms with van der Waals surface area (Å²) in [6.07, 6.45) is 2.22. The number of halogens is 1. The first-order valence-corrected chi connectivity index (χ1v) is 9.95. The van der Waals surface area contributed by atoms with Gasteiger partial charge < -0.3 is 10.2 Å². The Hall–Kier alpha value is -1.95. The van der Waals surface area contributed by atoms with Crippen molar-refractivity contribution in [2.75, 3.05) is 24.5 Å². The molecule has 1 aromatic carbocycles. The number of hydrogen-bond donors (Lipinski definition) is 1. The molecule has 1 aromatic heterocycles. The van der Waals surface area contributed by atoms with Crippen molar-refractivity contribution in [3.05, 3.63) is 35.5 Å². The van der Waals surface area contributed by atoms with Crippen molar-refractivity contribution in [1.29, 1.82) is 0 Å². The highest BCUT2D eigenvalue weighted by molar-refractivity contribution is 7.14. The minimum atomic E-state index is -0.353. The van der Waals surface area contributed by atoms with E-state index in [9.17, 15) is 9.18 Å². The number of hydrogen-bond acceptors (Lipinski definition) is 4. The molecule has 0 saturated carbocycles. The van der Waals surface area contributed by atoms with Crippen molar-refractivity contribution in [1.82, 2.24) is 10.3 Å². The largest absolute Gasteiger partial charge is 0.355 e. The fraction of sp³-hybridized carbons (Fsp3) is 0.500. The second-order valence-electron chi connectivity index (χ2n) is 7.94. The Balaban J connectivity index is 1.61. The topological polar surface area (TPSA) is 45.2 Å². The lowest BCUT2D eigenvalue weighted by atomic mass is 9.94. The normalized spacial score (nSPS) is 18.0. The minimum absolute atomic E-state index is 0.0995. The van der Waals surface area contributed by atoms with Crippen LogP contribution in [-0.2, 0) is 4.79 Å². The third-order valence-corrected chi connectivity index (χ3v) is 5.56. The molecule has 26 heavy (non-hydrogen) atoms. The van der Waals surface area contributed by atoms with Gasteiger partial charge in [-0.3, -0.25) is 4.79 Å². The molecule has 1 aliphatic rings. The fourth-order valence-electron chi connectivity index (χ4n) is 3.07. The summed E-state index contributed by atoms with van der Waals surface area (Å²) in [6, 6.07) is 6.44. The molecule has 1 N–H and O–H groups in total. The molecule has 0 aliphatic carbocycles. The summed E-state index contributed by atoms with van der Waals surface area (Å²) in [5, 5.41) is 6.10. The average Bonchev–Trinajstić information content (AvgIpc) is 3.10. The number of thiazole rings is 1. The van der Waals surface area contributed by atoms with Crippen molar-refractivity contribution in [2.45, 2.75) is 33.6 Å². The summed E-state index contributed by atoms with van der Waals surface area (Å²) in [7, 11) is 0. The van der Waals surface area contributed by atoms with Crippen molar-refractivity contribution in [3.63, 3.8) is 0 Å². The molecule has 3 rings (SSSR count). The van der Waals surface area contributed by atoms with E-state index >= 15 is 0 Å². The Morgan fingerprint density at radius 3 is 2.77 bits per heavy atom. The Labute approximate surface area is 158 Å². The lowest BCUT2D eigenvalue weighted by Gasteiger charge is -2.33. The highest BCUT2D eigenvalue weighted by atomic mass is 32.1. The summed E-state index contributed by atoms with van der Waals surface area (Å²) >= 11 is 1.62. The third kappa shape index (κ3) is 4.61. The van der Waals surface area contributed by atoms with Crippen molar-refractivity contribution in [3.8, 4) is 11.3 Å². The van der Waals surface area contributed by atoms with Crippen molar-refractivity contribution < 1.29 is 9.18 Å². The van der Waals surface area contributed by atoms with Gasteiger partial charge in [-0.15, -0.1) is 11.3 Å². The number of carbonyl (C=O) groups is 1. The van der Waals surface area contributed by atoms with Gasteiger partial charge >= 0.3 is 0 Å². The highest BCUT2D eigenvalue weighted by Gasteiger charge is 2.25. The van der Waals surface area contributed by atoms with Crippen LogP contribution >= 0.6 is 11.3 Å². The van der Waals surface area contributed by atoms with E-state index in [4.69, 9.17) is 4.98 Å². The number of carbonyl (C=O) groups excluding carboxylic acids is 1. The zero-order valence-corrected chi connectivity index (χ0v) is 16.4. The number of nitrogens with zero attached hydrogens (tertiary/aromatic N) is 2. The van der Waals surface area contributed by atoms with Crippen molar-refractivity contribution >= 4 is 22.4 Å². The van der Waals surface area contributed by atoms with Gasteiger partial charge in [-0.05, 0) is 43.0 Å². The number of amides is 1. The van der Waals surface area contributed by atoms with Gasteiger partial charge in [0, 0.05) is 36.0 Å². The molecule has 4 nitrogen and oxygen atoms in total. The molecule has 1 saturated heterocycles. The van der Waals surface area contributed by atoms with E-state index in [1.807, 2.05) is 26.2 Å². The second kappa shape index (κ2) is 7.74. The fourth-order valence-corrected chi connectivity index (χ4v) is 3.94. The Morgan fingerprint density at radius 1 is 1.35 bits per heavy atom. The minimum Gasteiger partial charge on any atom is -0.355 e. The van der Waals surface area contributed by atoms with Crippen LogP contribution in [0.4, 0.5) is 9.52 Å². The zero-order valence-electron chi connectivity index (χ0n) is 15.6. The molecule has 2 aromatic rings. The highest BCUT2D eigenvalue weighted by Crippen LogP contribution is 2.30. The van der Waals surface area contributed by atoms with E-state index in [1.165, 1.54) is 12.1 Å². The van der Waals surface area contributed by atoms with Gasteiger partial charge in [-0.2, -0.15) is 0 Å². The molecule has 1 fully saturated rings. The summed E-state index contributed by atoms with van der Waals surface area (Å²) < 4.78 is 13.1. The quantitative estimate of drug-likeness (QED) is 0.865. The average molecular weight is 376 g/mol. The molecule has 1 unspecified atom stereocenters. The number of nitrogens with one attached hydrogen (secondary N) is 1. The molecular weight excluding hydrogens is 349 g/mol. The maximum Gasteiger partial charge on any atom is 0.225 e. The van der Waals surface area contributed by atoms with Gasteiger partial charge in [0.05, 0.1) is 5.69 Å². The molecule has 6 heteroatoms. The summed E-state index contributed by atoms with van der Waals surface area (Å²) in [6.45, 7) is 8.40. The van der Waals surface area contributed by atoms with Crippen LogP contribution in [0, 0.1) is 17.2 Å². The van der Waals surface area contributed by atoms with Gasteiger partial charge in [0.1, 0.15) is 5.82 Å². The van der Waals surface area contributed by atoms with E-state index < -0.39 is 0 Å². The van der Waals surface area contributed by atoms with Crippen LogP contribution in [0.5, 0.6) is 0 Å². The maximum atomic E-state index is 13.1. The molecule has 2 heterocycles. The van der Waals surface area contributed by atoms with Crippen molar-refractivity contribution in [2.24, 2.45) is 11.3 Å². The molecule has 1 aliphatic heterocycles. The molecule has 1 amide bonds. The molecule has 140 valence electrons. The smallest absolute Gasteiger partial charge is 0.225 e. The van der Waals surface area contributed by atoms with Crippen LogP contribution in [0.3, 0.4) is 0 Å². The van der Waals surface area contributed by atoms with Gasteiger partial charge in [-0.1, -0.05) is 20.8 Å². The van der Waals surface area contributed by atoms with Crippen LogP contribution in [0.2, 0.25) is 0 Å². The summed E-state index contributed by atoms with van der Waals surface area (Å²) in [4.78, 5) is 19.1. The maximum absolute atomic E-state index is 13.1. The predicted molar refractivity (Wildman–Crippen MR) is 105 cm³/mol. The first-order chi connectivity index (χ1) is 12.3. The summed E-state index contributed by atoms with van der Waals surface area (Å²) in [5.41, 5.74) is 1.46. The first kappa shape index (κ1) is 18.8. The van der Waals surface area contributed by atoms with Crippen LogP contribution in [0.1, 0.15) is 33.6 Å². The van der Waals surface area contributed by atoms with E-state index in [0.717, 1.165) is 42.3 Å². The standard InChI is InChI=1S/C20H26FN3OS/c1-20(2,3)18(25)22-11-14-5-4-10-24(12-14)19-23-17(13-26-19)15-6-8-16(21)9-7-15/h6-9,13-14H,4-5,10-12H2,1-3H3,(H,22,25). The molecule has 0 spiro atoms. The number of anilines is 1. The first-order valence-electron chi connectivity index (χ1n) is 9.07. The van der Waals surface area contributed by atoms with Crippen LogP contribution in [0.15, 0.2) is 29.6 Å². The Bertz CT molecular complexity index is 751. The molecule has 0 radical (unpaired) electrons. The molecular formula is C20H26FN3OS. The molecule has 1 atom stereocenters. The van der Waals surface area contributed by atoms with E-state index in [1.54, 1.807) is 23.5 Å². The lowest BCUT2D eigenvalue weighted by molar-refractivity contribution is -0.128. The molecule has 0 bridgehead atoms. The van der Waals surface area contributed by atoms with E-state index in [2.05, 4.69) is 10.2 Å². The Kier molecular flexibility index (Phi) is 5.61. The summed E-state index contributed by atoms with van der Waals surface area (Å²) in [5.74, 6) is 0.302. The zero-order chi connectivity index (χ0) is 18.7. The second-order valence-corrected chi connectivity index (χ2v) is 8.77. The van der Waals surface area contributed by atoms with E-state index in [-0.39, 0.29) is 17.1 Å². The van der Waals surface area contributed by atoms with Gasteiger partial charge in [0.2, 0.25) is 5.91 Å². The van der Waals surface area contributed by atoms with Gasteiger partial charge in [-0.25, -0.2) is 9.37 Å². The van der Waals surface area contributed by atoms with E-state index in [0.29, 0.717) is 12.5 Å². The monoisotopic (exact) mass is 375 g/mol. The Morgan fingerprint density at radius 2 is 2.08 bits per heavy atom. The lowest BCUT2D eigenvalue weighted by Crippen LogP contribution is -2.43. The predicted octanol–water partition coefficient (Wildman–Crippen LogP) is 4.33. The number of rotatable bonds is 4. The SMILES string of the molecule is CC(C)(C)C(=O)NCC1CCCN(c2nc(-c3ccc(F)cc3)cs2)C1. The number of aromatic nitrogens is 1. The number of benzene rings is 1. The number of piperidine rings is 1. The third-order valence-electron chi connectivity index (χ3n) is 4.65.